The quantitative estimate of drug-likeness (QED) is 0.690. The lowest BCUT2D eigenvalue weighted by Gasteiger charge is -2.01. The molecule has 0 aliphatic heterocycles. The second-order valence-corrected chi connectivity index (χ2v) is 4.76. The van der Waals surface area contributed by atoms with Crippen LogP contribution in [0.25, 0.3) is 0 Å². The second kappa shape index (κ2) is 5.03. The van der Waals surface area contributed by atoms with E-state index >= 15 is 0 Å². The third-order valence-corrected chi connectivity index (χ3v) is 3.26. The van der Waals surface area contributed by atoms with E-state index in [4.69, 9.17) is 23.2 Å². The lowest BCUT2D eigenvalue weighted by molar-refractivity contribution is 0.969. The lowest BCUT2D eigenvalue weighted by atomic mass is 10.3. The van der Waals surface area contributed by atoms with E-state index in [1.165, 1.54) is 11.8 Å². The van der Waals surface area contributed by atoms with E-state index < -0.39 is 0 Å². The molecule has 0 atom stereocenters. The molecule has 0 aromatic carbocycles. The first-order valence-corrected chi connectivity index (χ1v) is 6.22. The highest BCUT2D eigenvalue weighted by Crippen LogP contribution is 2.24. The van der Waals surface area contributed by atoms with Gasteiger partial charge in [-0.2, -0.15) is 0 Å². The Bertz CT molecular complexity index is 500. The first-order chi connectivity index (χ1) is 7.65. The molecule has 2 aromatic heterocycles. The first kappa shape index (κ1) is 11.7. The van der Waals surface area contributed by atoms with Gasteiger partial charge >= 0.3 is 0 Å². The van der Waals surface area contributed by atoms with Crippen LogP contribution in [0.15, 0.2) is 17.3 Å². The number of H-pyrrole nitrogens is 1. The van der Waals surface area contributed by atoms with Crippen LogP contribution in [0.5, 0.6) is 0 Å². The van der Waals surface area contributed by atoms with Crippen molar-refractivity contribution in [1.29, 1.82) is 0 Å². The van der Waals surface area contributed by atoms with E-state index in [2.05, 4.69) is 20.2 Å². The number of hydrogen-bond acceptors (Lipinski definition) is 4. The average Bonchev–Trinajstić information content (AvgIpc) is 2.63. The minimum Gasteiger partial charge on any atom is -0.262 e. The van der Waals surface area contributed by atoms with Crippen molar-refractivity contribution in [2.24, 2.45) is 0 Å². The van der Waals surface area contributed by atoms with E-state index in [9.17, 15) is 0 Å². The molecule has 0 saturated heterocycles. The first-order valence-electron chi connectivity index (χ1n) is 4.48. The predicted octanol–water partition coefficient (Wildman–Crippen LogP) is 3.11. The SMILES string of the molecule is Cc1nc(SCc2ccc(Cl)nc2Cl)n[nH]1. The molecule has 0 spiro atoms. The standard InChI is InChI=1S/C9H8Cl2N4S/c1-5-12-9(15-14-5)16-4-6-2-3-7(10)13-8(6)11/h2-3H,4H2,1H3,(H,12,14,15). The van der Waals surface area contributed by atoms with Crippen molar-refractivity contribution in [2.45, 2.75) is 17.8 Å². The highest BCUT2D eigenvalue weighted by molar-refractivity contribution is 7.98. The van der Waals surface area contributed by atoms with E-state index in [0.29, 0.717) is 21.2 Å². The molecular formula is C9H8Cl2N4S. The number of nitrogens with one attached hydrogen (secondary N) is 1. The summed E-state index contributed by atoms with van der Waals surface area (Å²) in [4.78, 5) is 8.14. The van der Waals surface area contributed by atoms with E-state index in [0.717, 1.165) is 11.4 Å². The zero-order chi connectivity index (χ0) is 11.5. The molecule has 0 radical (unpaired) electrons. The fraction of sp³-hybridized carbons (Fsp3) is 0.222. The highest BCUT2D eigenvalue weighted by Gasteiger charge is 2.06. The minimum atomic E-state index is 0.396. The maximum atomic E-state index is 5.94. The fourth-order valence-corrected chi connectivity index (χ4v) is 2.40. The Morgan fingerprint density at radius 2 is 2.12 bits per heavy atom. The third-order valence-electron chi connectivity index (χ3n) is 1.83. The van der Waals surface area contributed by atoms with Crippen LogP contribution < -0.4 is 0 Å². The van der Waals surface area contributed by atoms with E-state index in [1.807, 2.05) is 13.0 Å². The van der Waals surface area contributed by atoms with Crippen molar-refractivity contribution in [3.63, 3.8) is 0 Å². The van der Waals surface area contributed by atoms with Gasteiger partial charge in [-0.05, 0) is 18.6 Å². The molecule has 2 rings (SSSR count). The van der Waals surface area contributed by atoms with Crippen molar-refractivity contribution < 1.29 is 0 Å². The summed E-state index contributed by atoms with van der Waals surface area (Å²) in [5.74, 6) is 1.46. The van der Waals surface area contributed by atoms with Gasteiger partial charge in [0.25, 0.3) is 0 Å². The van der Waals surface area contributed by atoms with E-state index in [-0.39, 0.29) is 0 Å². The van der Waals surface area contributed by atoms with Gasteiger partial charge in [0, 0.05) is 5.75 Å². The Morgan fingerprint density at radius 3 is 2.75 bits per heavy atom. The third kappa shape index (κ3) is 2.87. The van der Waals surface area contributed by atoms with Gasteiger partial charge in [0.2, 0.25) is 5.16 Å². The van der Waals surface area contributed by atoms with Gasteiger partial charge in [-0.1, -0.05) is 41.0 Å². The zero-order valence-corrected chi connectivity index (χ0v) is 10.7. The van der Waals surface area contributed by atoms with Crippen molar-refractivity contribution in [2.75, 3.05) is 0 Å². The van der Waals surface area contributed by atoms with Crippen molar-refractivity contribution in [3.05, 3.63) is 33.8 Å². The molecule has 0 amide bonds. The van der Waals surface area contributed by atoms with Crippen LogP contribution in [0.2, 0.25) is 10.3 Å². The van der Waals surface area contributed by atoms with Gasteiger partial charge in [-0.15, -0.1) is 5.10 Å². The van der Waals surface area contributed by atoms with Crippen molar-refractivity contribution in [3.8, 4) is 0 Å². The predicted molar refractivity (Wildman–Crippen MR) is 64.9 cm³/mol. The van der Waals surface area contributed by atoms with E-state index in [1.54, 1.807) is 6.07 Å². The molecule has 16 heavy (non-hydrogen) atoms. The summed E-state index contributed by atoms with van der Waals surface area (Å²) in [5.41, 5.74) is 0.915. The summed E-state index contributed by atoms with van der Waals surface area (Å²) >= 11 is 13.1. The molecule has 2 heterocycles. The van der Waals surface area contributed by atoms with Gasteiger partial charge in [0.05, 0.1) is 0 Å². The van der Waals surface area contributed by atoms with Crippen molar-refractivity contribution in [1.82, 2.24) is 20.2 Å². The van der Waals surface area contributed by atoms with Gasteiger partial charge in [0.15, 0.2) is 0 Å². The molecule has 0 aliphatic carbocycles. The summed E-state index contributed by atoms with van der Waals surface area (Å²) < 4.78 is 0. The molecule has 0 aliphatic rings. The molecule has 1 N–H and O–H groups in total. The van der Waals surface area contributed by atoms with Crippen LogP contribution in [0.4, 0.5) is 0 Å². The molecule has 7 heteroatoms. The molecule has 0 fully saturated rings. The normalized spacial score (nSPS) is 10.7. The number of halogens is 2. The molecule has 0 unspecified atom stereocenters. The van der Waals surface area contributed by atoms with Crippen LogP contribution in [-0.2, 0) is 5.75 Å². The minimum absolute atomic E-state index is 0.396. The number of pyridine rings is 1. The topological polar surface area (TPSA) is 54.5 Å². The Balaban J connectivity index is 2.04. The maximum absolute atomic E-state index is 5.94. The Morgan fingerprint density at radius 1 is 1.31 bits per heavy atom. The fourth-order valence-electron chi connectivity index (χ4n) is 1.08. The van der Waals surface area contributed by atoms with Crippen LogP contribution in [0, 0.1) is 6.92 Å². The Hall–Kier alpha value is -0.780. The molecular weight excluding hydrogens is 267 g/mol. The summed E-state index contributed by atoms with van der Waals surface area (Å²) in [6.45, 7) is 1.86. The van der Waals surface area contributed by atoms with Gasteiger partial charge in [0.1, 0.15) is 16.1 Å². The van der Waals surface area contributed by atoms with Crippen LogP contribution >= 0.6 is 35.0 Å². The molecule has 0 bridgehead atoms. The number of nitrogens with zero attached hydrogens (tertiary/aromatic N) is 3. The number of thioether (sulfide) groups is 1. The number of aryl methyl sites for hydroxylation is 1. The highest BCUT2D eigenvalue weighted by atomic mass is 35.5. The molecule has 2 aromatic rings. The summed E-state index contributed by atoms with van der Waals surface area (Å²) in [6.07, 6.45) is 0. The number of aromatic nitrogens is 4. The summed E-state index contributed by atoms with van der Waals surface area (Å²) in [5, 5.41) is 8.31. The summed E-state index contributed by atoms with van der Waals surface area (Å²) in [6, 6.07) is 3.57. The van der Waals surface area contributed by atoms with Crippen molar-refractivity contribution >= 4 is 35.0 Å². The Kier molecular flexibility index (Phi) is 3.68. The Labute approximate surface area is 107 Å². The molecule has 84 valence electrons. The second-order valence-electron chi connectivity index (χ2n) is 3.08. The van der Waals surface area contributed by atoms with Gasteiger partial charge in [-0.25, -0.2) is 9.97 Å². The number of aromatic amines is 1. The van der Waals surface area contributed by atoms with Gasteiger partial charge < -0.3 is 0 Å². The number of hydrogen-bond donors (Lipinski definition) is 1. The molecule has 4 nitrogen and oxygen atoms in total. The average molecular weight is 275 g/mol. The monoisotopic (exact) mass is 274 g/mol. The lowest BCUT2D eigenvalue weighted by Crippen LogP contribution is -1.87. The van der Waals surface area contributed by atoms with Gasteiger partial charge in [-0.3, -0.25) is 5.10 Å². The summed E-state index contributed by atoms with van der Waals surface area (Å²) in [7, 11) is 0. The van der Waals surface area contributed by atoms with Crippen LogP contribution in [0.1, 0.15) is 11.4 Å². The van der Waals surface area contributed by atoms with Crippen LogP contribution in [0.3, 0.4) is 0 Å². The maximum Gasteiger partial charge on any atom is 0.208 e. The number of rotatable bonds is 3. The molecule has 0 saturated carbocycles. The van der Waals surface area contributed by atoms with Crippen LogP contribution in [-0.4, -0.2) is 20.2 Å². The largest absolute Gasteiger partial charge is 0.262 e. The smallest absolute Gasteiger partial charge is 0.208 e. The zero-order valence-electron chi connectivity index (χ0n) is 8.37.